The van der Waals surface area contributed by atoms with Crippen LogP contribution in [0.15, 0.2) is 54.6 Å². The highest BCUT2D eigenvalue weighted by molar-refractivity contribution is 7.98. The summed E-state index contributed by atoms with van der Waals surface area (Å²) in [6, 6.07) is 14.1. The lowest BCUT2D eigenvalue weighted by Gasteiger charge is -2.32. The van der Waals surface area contributed by atoms with E-state index in [9.17, 15) is 19.2 Å². The second kappa shape index (κ2) is 10.8. The van der Waals surface area contributed by atoms with Crippen LogP contribution >= 0.6 is 11.8 Å². The number of esters is 1. The number of ether oxygens (including phenoxy) is 2. The number of carbonyl (C=O) groups is 4. The molecule has 2 aromatic rings. The second-order valence-electron chi connectivity index (χ2n) is 7.99. The number of rotatable bonds is 8. The zero-order valence-electron chi connectivity index (χ0n) is 18.8. The highest BCUT2D eigenvalue weighted by atomic mass is 32.2. The molecule has 0 unspecified atom stereocenters. The van der Waals surface area contributed by atoms with Crippen molar-refractivity contribution in [3.8, 4) is 0 Å². The summed E-state index contributed by atoms with van der Waals surface area (Å²) >= 11 is 1.49. The largest absolute Gasteiger partial charge is 0.446 e. The van der Waals surface area contributed by atoms with E-state index in [4.69, 9.17) is 9.47 Å². The van der Waals surface area contributed by atoms with Crippen LogP contribution in [-0.2, 0) is 19.1 Å². The molecule has 9 heteroatoms. The third-order valence-corrected chi connectivity index (χ3v) is 6.53. The van der Waals surface area contributed by atoms with E-state index < -0.39 is 29.9 Å². The van der Waals surface area contributed by atoms with E-state index in [0.717, 1.165) is 4.90 Å². The molecule has 0 N–H and O–H groups in total. The smallest absolute Gasteiger partial charge is 0.330 e. The van der Waals surface area contributed by atoms with Gasteiger partial charge in [-0.25, -0.2) is 4.79 Å². The Balaban J connectivity index is 1.61. The first-order valence-electron chi connectivity index (χ1n) is 11.1. The molecule has 0 aliphatic carbocycles. The zero-order valence-corrected chi connectivity index (χ0v) is 19.7. The van der Waals surface area contributed by atoms with Gasteiger partial charge in [0.1, 0.15) is 6.04 Å². The minimum Gasteiger partial charge on any atom is -0.446 e. The van der Waals surface area contributed by atoms with Crippen molar-refractivity contribution in [3.63, 3.8) is 0 Å². The molecule has 2 atom stereocenters. The van der Waals surface area contributed by atoms with Crippen LogP contribution in [0.1, 0.15) is 38.8 Å². The van der Waals surface area contributed by atoms with Gasteiger partial charge in [-0.2, -0.15) is 11.8 Å². The van der Waals surface area contributed by atoms with Gasteiger partial charge in [0.25, 0.3) is 17.7 Å². The molecule has 4 rings (SSSR count). The molecule has 1 saturated heterocycles. The van der Waals surface area contributed by atoms with Crippen LogP contribution in [0.2, 0.25) is 0 Å². The van der Waals surface area contributed by atoms with Crippen molar-refractivity contribution in [3.05, 3.63) is 71.3 Å². The van der Waals surface area contributed by atoms with Crippen LogP contribution in [0.3, 0.4) is 0 Å². The van der Waals surface area contributed by atoms with Crippen LogP contribution < -0.4 is 0 Å². The molecule has 2 aliphatic heterocycles. The lowest BCUT2D eigenvalue weighted by Crippen LogP contribution is -2.48. The Hall–Kier alpha value is -3.17. The third kappa shape index (κ3) is 4.85. The molecule has 3 amide bonds. The van der Waals surface area contributed by atoms with Crippen LogP contribution in [-0.4, -0.2) is 77.8 Å². The molecule has 8 nitrogen and oxygen atoms in total. The summed E-state index contributed by atoms with van der Waals surface area (Å²) in [5.74, 6) is -1.66. The molecule has 2 aliphatic rings. The molecular formula is C25H26N2O6S. The number of fused-ring (bicyclic) bond motifs is 1. The molecule has 0 saturated carbocycles. The standard InChI is InChI=1S/C25H26N2O6S/c1-34-16-11-20(27-22(28)18-9-5-6-10-19(18)23(27)29)25(31)33-21(17-7-3-2-4-8-17)24(30)26-12-14-32-15-13-26/h2-10,20-21H,11-16H2,1H3/t20-,21-/m1/s1. The van der Waals surface area contributed by atoms with Crippen molar-refractivity contribution in [1.82, 2.24) is 9.80 Å². The number of thioether (sulfide) groups is 1. The summed E-state index contributed by atoms with van der Waals surface area (Å²) in [5.41, 5.74) is 1.05. The number of morpholine rings is 1. The molecule has 34 heavy (non-hydrogen) atoms. The number of amides is 3. The van der Waals surface area contributed by atoms with Crippen molar-refractivity contribution in [2.24, 2.45) is 0 Å². The van der Waals surface area contributed by atoms with Crippen molar-refractivity contribution >= 4 is 35.5 Å². The van der Waals surface area contributed by atoms with Gasteiger partial charge in [0.2, 0.25) is 6.10 Å². The Morgan fingerprint density at radius 2 is 1.56 bits per heavy atom. The van der Waals surface area contributed by atoms with Crippen LogP contribution in [0.25, 0.3) is 0 Å². The van der Waals surface area contributed by atoms with Crippen LogP contribution in [0, 0.1) is 0 Å². The molecule has 178 valence electrons. The first-order valence-corrected chi connectivity index (χ1v) is 12.5. The summed E-state index contributed by atoms with van der Waals surface area (Å²) in [6.45, 7) is 1.61. The first-order chi connectivity index (χ1) is 16.5. The predicted molar refractivity (Wildman–Crippen MR) is 126 cm³/mol. The first kappa shape index (κ1) is 24.0. The van der Waals surface area contributed by atoms with Gasteiger partial charge in [0, 0.05) is 18.7 Å². The highest BCUT2D eigenvalue weighted by Crippen LogP contribution is 2.29. The summed E-state index contributed by atoms with van der Waals surface area (Å²) in [6.07, 6.45) is 0.914. The molecule has 1 fully saturated rings. The quantitative estimate of drug-likeness (QED) is 0.422. The van der Waals surface area contributed by atoms with Gasteiger partial charge in [-0.3, -0.25) is 19.3 Å². The summed E-state index contributed by atoms with van der Waals surface area (Å²) < 4.78 is 11.1. The monoisotopic (exact) mass is 482 g/mol. The van der Waals surface area contributed by atoms with Crippen molar-refractivity contribution in [2.45, 2.75) is 18.6 Å². The topological polar surface area (TPSA) is 93.2 Å². The maximum atomic E-state index is 13.5. The maximum Gasteiger partial charge on any atom is 0.330 e. The second-order valence-corrected chi connectivity index (χ2v) is 8.97. The van der Waals surface area contributed by atoms with E-state index in [1.165, 1.54) is 11.8 Å². The lowest BCUT2D eigenvalue weighted by molar-refractivity contribution is -0.165. The molecule has 2 heterocycles. The van der Waals surface area contributed by atoms with Crippen molar-refractivity contribution < 1.29 is 28.7 Å². The number of carbonyl (C=O) groups excluding carboxylic acids is 4. The van der Waals surface area contributed by atoms with Gasteiger partial charge >= 0.3 is 5.97 Å². The van der Waals surface area contributed by atoms with Crippen molar-refractivity contribution in [1.29, 1.82) is 0 Å². The molecule has 2 aromatic carbocycles. The Morgan fingerprint density at radius 3 is 2.15 bits per heavy atom. The normalized spacial score (nSPS) is 17.3. The number of hydrogen-bond acceptors (Lipinski definition) is 7. The van der Waals surface area contributed by atoms with E-state index in [-0.39, 0.29) is 23.5 Å². The Labute approximate surface area is 202 Å². The summed E-state index contributed by atoms with van der Waals surface area (Å²) in [5, 5.41) is 0. The maximum absolute atomic E-state index is 13.5. The number of benzene rings is 2. The summed E-state index contributed by atoms with van der Waals surface area (Å²) in [4.78, 5) is 55.5. The molecular weight excluding hydrogens is 456 g/mol. The van der Waals surface area contributed by atoms with E-state index in [1.54, 1.807) is 53.4 Å². The van der Waals surface area contributed by atoms with Crippen molar-refractivity contribution in [2.75, 3.05) is 38.3 Å². The fourth-order valence-corrected chi connectivity index (χ4v) is 4.56. The summed E-state index contributed by atoms with van der Waals surface area (Å²) in [7, 11) is 0. The molecule has 0 bridgehead atoms. The van der Waals surface area contributed by atoms with E-state index in [0.29, 0.717) is 37.6 Å². The Bertz CT molecular complexity index is 1040. The van der Waals surface area contributed by atoms with Gasteiger partial charge in [0.15, 0.2) is 0 Å². The van der Waals surface area contributed by atoms with Gasteiger partial charge in [-0.05, 0) is 30.6 Å². The average molecular weight is 483 g/mol. The number of hydrogen-bond donors (Lipinski definition) is 0. The van der Waals surface area contributed by atoms with E-state index in [2.05, 4.69) is 0 Å². The highest BCUT2D eigenvalue weighted by Gasteiger charge is 2.44. The van der Waals surface area contributed by atoms with Gasteiger partial charge in [-0.1, -0.05) is 42.5 Å². The number of nitrogens with zero attached hydrogens (tertiary/aromatic N) is 2. The average Bonchev–Trinajstić information content (AvgIpc) is 3.13. The Morgan fingerprint density at radius 1 is 0.971 bits per heavy atom. The molecule has 0 spiro atoms. The lowest BCUT2D eigenvalue weighted by atomic mass is 10.1. The SMILES string of the molecule is CSCC[C@H](C(=O)O[C@@H](C(=O)N1CCOCC1)c1ccccc1)N1C(=O)c2ccccc2C1=O. The van der Waals surface area contributed by atoms with E-state index in [1.807, 2.05) is 12.3 Å². The van der Waals surface area contributed by atoms with Gasteiger partial charge < -0.3 is 14.4 Å². The Kier molecular flexibility index (Phi) is 7.64. The van der Waals surface area contributed by atoms with Gasteiger partial charge in [0.05, 0.1) is 24.3 Å². The number of imide groups is 1. The van der Waals surface area contributed by atoms with Crippen LogP contribution in [0.4, 0.5) is 0 Å². The molecule has 0 radical (unpaired) electrons. The minimum absolute atomic E-state index is 0.221. The minimum atomic E-state index is -1.18. The van der Waals surface area contributed by atoms with Crippen LogP contribution in [0.5, 0.6) is 0 Å². The van der Waals surface area contributed by atoms with Gasteiger partial charge in [-0.15, -0.1) is 0 Å². The fraction of sp³-hybridized carbons (Fsp3) is 0.360. The molecule has 0 aromatic heterocycles. The fourth-order valence-electron chi connectivity index (χ4n) is 4.11. The van der Waals surface area contributed by atoms with E-state index >= 15 is 0 Å². The third-order valence-electron chi connectivity index (χ3n) is 5.89. The predicted octanol–water partition coefficient (Wildman–Crippen LogP) is 2.55. The zero-order chi connectivity index (χ0) is 24.1.